The molecule has 0 saturated carbocycles. The van der Waals surface area contributed by atoms with Crippen LogP contribution >= 0.6 is 11.6 Å². The molecule has 5 N–H and O–H groups in total. The Morgan fingerprint density at radius 2 is 2.22 bits per heavy atom. The van der Waals surface area contributed by atoms with Crippen LogP contribution in [0.3, 0.4) is 0 Å². The first-order valence-corrected chi connectivity index (χ1v) is 5.64. The molecule has 0 fully saturated rings. The fourth-order valence-electron chi connectivity index (χ4n) is 1.29. The van der Waals surface area contributed by atoms with Gasteiger partial charge in [0.25, 0.3) is 5.96 Å². The average Bonchev–Trinajstić information content (AvgIpc) is 2.31. The molecule has 0 aliphatic rings. The van der Waals surface area contributed by atoms with Crippen LogP contribution in [0.15, 0.2) is 17.2 Å². The van der Waals surface area contributed by atoms with E-state index in [2.05, 4.69) is 10.2 Å². The van der Waals surface area contributed by atoms with Gasteiger partial charge in [0, 0.05) is 10.7 Å². The molecule has 0 aliphatic heterocycles. The van der Waals surface area contributed by atoms with Gasteiger partial charge in [-0.15, -0.1) is 5.10 Å². The van der Waals surface area contributed by atoms with Crippen LogP contribution in [0, 0.1) is 0 Å². The van der Waals surface area contributed by atoms with Gasteiger partial charge in [-0.05, 0) is 19.1 Å². The zero-order chi connectivity index (χ0) is 13.5. The molecule has 1 aromatic carbocycles. The highest BCUT2D eigenvalue weighted by molar-refractivity contribution is 6.32. The van der Waals surface area contributed by atoms with Crippen molar-refractivity contribution in [1.82, 2.24) is 0 Å². The first-order valence-electron chi connectivity index (χ1n) is 5.26. The fraction of sp³-hybridized carbons (Fsp3) is 0.273. The second-order valence-electron chi connectivity index (χ2n) is 3.28. The van der Waals surface area contributed by atoms with Crippen molar-refractivity contribution in [2.24, 2.45) is 16.6 Å². The predicted octanol–water partition coefficient (Wildman–Crippen LogP) is -0.565. The van der Waals surface area contributed by atoms with Gasteiger partial charge in [-0.25, -0.2) is 0 Å². The second kappa shape index (κ2) is 6.70. The molecular weight excluding hydrogens is 256 g/mol. The number of nitrogens with one attached hydrogen (secondary N) is 1. The summed E-state index contributed by atoms with van der Waals surface area (Å²) >= 11 is 6.10. The van der Waals surface area contributed by atoms with Gasteiger partial charge in [0.05, 0.1) is 18.7 Å². The van der Waals surface area contributed by atoms with E-state index in [9.17, 15) is 0 Å². The lowest BCUT2D eigenvalue weighted by atomic mass is 10.2. The standard InChI is InChI=1S/C11H15ClN4O2/c1-3-18-10-8(12)4-7(5-9(10)17-2)6-15-16-11(13)14/h4-6H,3H2,1-2H3,(H4,13,14,16)/p+1/b15-6+. The molecule has 0 radical (unpaired) electrons. The Morgan fingerprint density at radius 1 is 1.50 bits per heavy atom. The van der Waals surface area contributed by atoms with Gasteiger partial charge in [-0.2, -0.15) is 0 Å². The Labute approximate surface area is 110 Å². The molecule has 18 heavy (non-hydrogen) atoms. The van der Waals surface area contributed by atoms with Crippen molar-refractivity contribution in [1.29, 1.82) is 0 Å². The third kappa shape index (κ3) is 3.81. The fourth-order valence-corrected chi connectivity index (χ4v) is 1.56. The number of nitrogens with two attached hydrogens (primary N) is 2. The van der Waals surface area contributed by atoms with Crippen molar-refractivity contribution in [3.05, 3.63) is 22.7 Å². The average molecular weight is 272 g/mol. The largest absolute Gasteiger partial charge is 0.493 e. The van der Waals surface area contributed by atoms with Crippen LogP contribution in [0.4, 0.5) is 0 Å². The number of methoxy groups -OCH3 is 1. The van der Waals surface area contributed by atoms with Crippen molar-refractivity contribution in [2.45, 2.75) is 6.92 Å². The molecule has 7 heteroatoms. The number of hydrogen-bond acceptors (Lipinski definition) is 3. The van der Waals surface area contributed by atoms with Gasteiger partial charge in [0.15, 0.2) is 11.5 Å². The van der Waals surface area contributed by atoms with E-state index < -0.39 is 0 Å². The molecular formula is C11H16ClN4O2+. The molecule has 0 bridgehead atoms. The van der Waals surface area contributed by atoms with Crippen molar-refractivity contribution >= 4 is 23.8 Å². The number of ether oxygens (including phenoxy) is 2. The van der Waals surface area contributed by atoms with Crippen LogP contribution in [0.25, 0.3) is 0 Å². The molecule has 98 valence electrons. The molecule has 0 aromatic heterocycles. The van der Waals surface area contributed by atoms with Crippen LogP contribution < -0.4 is 26.0 Å². The number of hydrogen-bond donors (Lipinski definition) is 3. The monoisotopic (exact) mass is 271 g/mol. The minimum absolute atomic E-state index is 0.0600. The van der Waals surface area contributed by atoms with Crippen molar-refractivity contribution in [3.63, 3.8) is 0 Å². The van der Waals surface area contributed by atoms with E-state index >= 15 is 0 Å². The number of guanidine groups is 1. The van der Waals surface area contributed by atoms with Gasteiger partial charge >= 0.3 is 0 Å². The Bertz CT molecular complexity index is 470. The zero-order valence-corrected chi connectivity index (χ0v) is 11.0. The molecule has 6 nitrogen and oxygen atoms in total. The molecule has 0 atom stereocenters. The van der Waals surface area contributed by atoms with E-state index in [-0.39, 0.29) is 5.96 Å². The lowest BCUT2D eigenvalue weighted by Crippen LogP contribution is -2.63. The van der Waals surface area contributed by atoms with Crippen LogP contribution in [-0.2, 0) is 0 Å². The van der Waals surface area contributed by atoms with E-state index in [1.807, 2.05) is 6.92 Å². The van der Waals surface area contributed by atoms with Crippen molar-refractivity contribution in [3.8, 4) is 11.5 Å². The number of halogens is 1. The number of hydrazone groups is 1. The SMILES string of the molecule is CCOc1c(Cl)cc(/C=[NH+]/N=C(N)N)cc1OC. The highest BCUT2D eigenvalue weighted by atomic mass is 35.5. The molecule has 1 aromatic rings. The maximum atomic E-state index is 6.10. The maximum Gasteiger partial charge on any atom is 0.256 e. The van der Waals surface area contributed by atoms with Crippen molar-refractivity contribution in [2.75, 3.05) is 13.7 Å². The summed E-state index contributed by atoms with van der Waals surface area (Å²) in [6.45, 7) is 2.38. The summed E-state index contributed by atoms with van der Waals surface area (Å²) in [7, 11) is 1.54. The Morgan fingerprint density at radius 3 is 2.78 bits per heavy atom. The minimum atomic E-state index is -0.0600. The van der Waals surface area contributed by atoms with E-state index in [0.717, 1.165) is 5.56 Å². The molecule has 0 unspecified atom stereocenters. The van der Waals surface area contributed by atoms with Gasteiger partial charge < -0.3 is 20.9 Å². The third-order valence-electron chi connectivity index (χ3n) is 1.97. The predicted molar refractivity (Wildman–Crippen MR) is 71.1 cm³/mol. The molecule has 0 saturated heterocycles. The molecule has 0 spiro atoms. The molecule has 1 rings (SSSR count). The lowest BCUT2D eigenvalue weighted by Gasteiger charge is -2.10. The van der Waals surface area contributed by atoms with E-state index in [4.69, 9.17) is 32.5 Å². The smallest absolute Gasteiger partial charge is 0.256 e. The third-order valence-corrected chi connectivity index (χ3v) is 2.25. The minimum Gasteiger partial charge on any atom is -0.493 e. The van der Waals surface area contributed by atoms with Crippen molar-refractivity contribution < 1.29 is 14.6 Å². The summed E-state index contributed by atoms with van der Waals surface area (Å²) in [6.07, 6.45) is 1.59. The lowest BCUT2D eigenvalue weighted by molar-refractivity contribution is -0.456. The number of benzene rings is 1. The summed E-state index contributed by atoms with van der Waals surface area (Å²) in [6, 6.07) is 3.47. The Hall–Kier alpha value is -1.95. The Balaban J connectivity index is 3.06. The second-order valence-corrected chi connectivity index (χ2v) is 3.68. The van der Waals surface area contributed by atoms with E-state index in [0.29, 0.717) is 23.1 Å². The van der Waals surface area contributed by atoms with Gasteiger partial charge in [-0.3, -0.25) is 0 Å². The molecule has 0 amide bonds. The van der Waals surface area contributed by atoms with Gasteiger partial charge in [0.2, 0.25) is 6.21 Å². The molecule has 0 aliphatic carbocycles. The summed E-state index contributed by atoms with van der Waals surface area (Å²) < 4.78 is 10.6. The van der Waals surface area contributed by atoms with Crippen LogP contribution in [0.5, 0.6) is 11.5 Å². The first kappa shape index (κ1) is 14.1. The normalized spacial score (nSPS) is 10.4. The van der Waals surface area contributed by atoms with E-state index in [1.165, 1.54) is 0 Å². The Kier molecular flexibility index (Phi) is 5.26. The number of rotatable bonds is 5. The highest BCUT2D eigenvalue weighted by Crippen LogP contribution is 2.35. The first-order chi connectivity index (χ1) is 8.58. The summed E-state index contributed by atoms with van der Waals surface area (Å²) in [5, 5.41) is 6.66. The summed E-state index contributed by atoms with van der Waals surface area (Å²) in [4.78, 5) is 0. The topological polar surface area (TPSA) is 96.8 Å². The quantitative estimate of drug-likeness (QED) is 0.380. The maximum absolute atomic E-state index is 6.10. The van der Waals surface area contributed by atoms with E-state index in [1.54, 1.807) is 25.5 Å². The number of nitrogens with zero attached hydrogens (tertiary/aromatic N) is 1. The summed E-state index contributed by atoms with van der Waals surface area (Å²) in [5.74, 6) is 0.998. The zero-order valence-electron chi connectivity index (χ0n) is 10.2. The van der Waals surface area contributed by atoms with Crippen LogP contribution in [0.2, 0.25) is 5.02 Å². The molecule has 0 heterocycles. The van der Waals surface area contributed by atoms with Gasteiger partial charge in [0.1, 0.15) is 0 Å². The van der Waals surface area contributed by atoms with Gasteiger partial charge in [-0.1, -0.05) is 11.6 Å². The summed E-state index contributed by atoms with van der Waals surface area (Å²) in [5.41, 5.74) is 11.1. The van der Waals surface area contributed by atoms with Crippen LogP contribution in [0.1, 0.15) is 12.5 Å². The highest BCUT2D eigenvalue weighted by Gasteiger charge is 2.11. The van der Waals surface area contributed by atoms with Crippen LogP contribution in [-0.4, -0.2) is 25.9 Å².